The first-order valence-electron chi connectivity index (χ1n) is 6.01. The predicted octanol–water partition coefficient (Wildman–Crippen LogP) is 5.12. The quantitative estimate of drug-likeness (QED) is 0.771. The van der Waals surface area contributed by atoms with E-state index >= 15 is 0 Å². The lowest BCUT2D eigenvalue weighted by Crippen LogP contribution is -2.02. The standard InChI is InChI=1S/C14H15Br2NO2/c1-3-18-13-6-9(2)4-5-12(13)17-8-10-7-11(15)14(16)19-10/h4-7,17H,3,8H2,1-2H3. The van der Waals surface area contributed by atoms with Gasteiger partial charge in [0.05, 0.1) is 23.3 Å². The summed E-state index contributed by atoms with van der Waals surface area (Å²) in [5, 5.41) is 3.32. The molecule has 0 saturated carbocycles. The van der Waals surface area contributed by atoms with Crippen LogP contribution in [0.2, 0.25) is 0 Å². The van der Waals surface area contributed by atoms with Crippen molar-refractivity contribution in [2.45, 2.75) is 20.4 Å². The van der Waals surface area contributed by atoms with Gasteiger partial charge < -0.3 is 14.5 Å². The maximum atomic E-state index is 5.62. The first kappa shape index (κ1) is 14.5. The second-order valence-corrected chi connectivity index (χ2v) is 5.70. The van der Waals surface area contributed by atoms with Gasteiger partial charge in [0, 0.05) is 0 Å². The van der Waals surface area contributed by atoms with Gasteiger partial charge in [-0.3, -0.25) is 0 Å². The molecule has 102 valence electrons. The van der Waals surface area contributed by atoms with Crippen molar-refractivity contribution in [3.05, 3.63) is 44.7 Å². The Morgan fingerprint density at radius 2 is 2.05 bits per heavy atom. The summed E-state index contributed by atoms with van der Waals surface area (Å²) in [6.45, 7) is 5.28. The zero-order valence-corrected chi connectivity index (χ0v) is 14.0. The third-order valence-corrected chi connectivity index (χ3v) is 4.30. The first-order chi connectivity index (χ1) is 9.10. The van der Waals surface area contributed by atoms with Crippen LogP contribution in [0.25, 0.3) is 0 Å². The van der Waals surface area contributed by atoms with Crippen LogP contribution in [0.1, 0.15) is 18.2 Å². The summed E-state index contributed by atoms with van der Waals surface area (Å²) in [6.07, 6.45) is 0. The zero-order valence-electron chi connectivity index (χ0n) is 10.8. The molecule has 1 aromatic carbocycles. The smallest absolute Gasteiger partial charge is 0.183 e. The molecule has 0 amide bonds. The van der Waals surface area contributed by atoms with Crippen molar-refractivity contribution in [1.29, 1.82) is 0 Å². The molecule has 0 spiro atoms. The van der Waals surface area contributed by atoms with Crippen molar-refractivity contribution >= 4 is 37.5 Å². The third kappa shape index (κ3) is 3.76. The number of rotatable bonds is 5. The first-order valence-corrected chi connectivity index (χ1v) is 7.59. The van der Waals surface area contributed by atoms with Gasteiger partial charge in [-0.15, -0.1) is 0 Å². The topological polar surface area (TPSA) is 34.4 Å². The number of ether oxygens (including phenoxy) is 1. The molecule has 0 unspecified atom stereocenters. The fraction of sp³-hybridized carbons (Fsp3) is 0.286. The summed E-state index contributed by atoms with van der Waals surface area (Å²) in [5.74, 6) is 1.72. The molecule has 2 rings (SSSR count). The van der Waals surface area contributed by atoms with E-state index < -0.39 is 0 Å². The molecule has 5 heteroatoms. The molecule has 3 nitrogen and oxygen atoms in total. The van der Waals surface area contributed by atoms with Crippen molar-refractivity contribution in [2.75, 3.05) is 11.9 Å². The van der Waals surface area contributed by atoms with Crippen molar-refractivity contribution in [1.82, 2.24) is 0 Å². The van der Waals surface area contributed by atoms with E-state index in [-0.39, 0.29) is 0 Å². The Morgan fingerprint density at radius 1 is 1.26 bits per heavy atom. The van der Waals surface area contributed by atoms with Gasteiger partial charge in [0.2, 0.25) is 0 Å². The summed E-state index contributed by atoms with van der Waals surface area (Å²) < 4.78 is 12.8. The van der Waals surface area contributed by atoms with Crippen LogP contribution in [0.3, 0.4) is 0 Å². The Morgan fingerprint density at radius 3 is 2.68 bits per heavy atom. The molecule has 0 aliphatic carbocycles. The SMILES string of the molecule is CCOc1cc(C)ccc1NCc1cc(Br)c(Br)o1. The molecule has 19 heavy (non-hydrogen) atoms. The molecular formula is C14H15Br2NO2. The number of hydrogen-bond acceptors (Lipinski definition) is 3. The molecule has 1 heterocycles. The van der Waals surface area contributed by atoms with Crippen LogP contribution in [0.5, 0.6) is 5.75 Å². The average Bonchev–Trinajstić information content (AvgIpc) is 2.68. The number of benzene rings is 1. The lowest BCUT2D eigenvalue weighted by atomic mass is 10.2. The molecule has 0 radical (unpaired) electrons. The number of furan rings is 1. The number of halogens is 2. The molecule has 0 aliphatic rings. The summed E-state index contributed by atoms with van der Waals surface area (Å²) in [5.41, 5.74) is 2.15. The van der Waals surface area contributed by atoms with E-state index in [1.54, 1.807) is 0 Å². The Hall–Kier alpha value is -0.940. The second-order valence-electron chi connectivity index (χ2n) is 4.12. The fourth-order valence-electron chi connectivity index (χ4n) is 1.71. The van der Waals surface area contributed by atoms with E-state index in [0.717, 1.165) is 21.7 Å². The zero-order chi connectivity index (χ0) is 13.8. The summed E-state index contributed by atoms with van der Waals surface area (Å²) >= 11 is 6.72. The van der Waals surface area contributed by atoms with Gasteiger partial charge in [0.1, 0.15) is 11.5 Å². The number of hydrogen-bond donors (Lipinski definition) is 1. The molecule has 2 aromatic rings. The van der Waals surface area contributed by atoms with Crippen LogP contribution in [0.15, 0.2) is 37.8 Å². The number of nitrogens with one attached hydrogen (secondary N) is 1. The van der Waals surface area contributed by atoms with E-state index in [2.05, 4.69) is 43.2 Å². The van der Waals surface area contributed by atoms with Crippen LogP contribution < -0.4 is 10.1 Å². The van der Waals surface area contributed by atoms with Crippen LogP contribution in [-0.2, 0) is 6.54 Å². The maximum Gasteiger partial charge on any atom is 0.183 e. The molecular weight excluding hydrogens is 374 g/mol. The maximum absolute atomic E-state index is 5.62. The normalized spacial score (nSPS) is 10.5. The van der Waals surface area contributed by atoms with Crippen molar-refractivity contribution < 1.29 is 9.15 Å². The van der Waals surface area contributed by atoms with Crippen LogP contribution in [0, 0.1) is 6.92 Å². The Kier molecular flexibility index (Phi) is 4.93. The van der Waals surface area contributed by atoms with Crippen molar-refractivity contribution in [2.24, 2.45) is 0 Å². The molecule has 1 aromatic heterocycles. The molecule has 0 saturated heterocycles. The largest absolute Gasteiger partial charge is 0.492 e. The van der Waals surface area contributed by atoms with Gasteiger partial charge in [0.15, 0.2) is 4.67 Å². The Balaban J connectivity index is 2.10. The second kappa shape index (κ2) is 6.48. The van der Waals surface area contributed by atoms with Gasteiger partial charge in [-0.2, -0.15) is 0 Å². The minimum absolute atomic E-state index is 0.604. The minimum Gasteiger partial charge on any atom is -0.492 e. The minimum atomic E-state index is 0.604. The lowest BCUT2D eigenvalue weighted by molar-refractivity contribution is 0.341. The van der Waals surface area contributed by atoms with Gasteiger partial charge in [0.25, 0.3) is 0 Å². The molecule has 0 aliphatic heterocycles. The van der Waals surface area contributed by atoms with Crippen molar-refractivity contribution in [3.8, 4) is 5.75 Å². The molecule has 0 atom stereocenters. The van der Waals surface area contributed by atoms with E-state index in [0.29, 0.717) is 17.8 Å². The molecule has 0 bridgehead atoms. The van der Waals surface area contributed by atoms with Crippen LogP contribution >= 0.6 is 31.9 Å². The molecule has 1 N–H and O–H groups in total. The van der Waals surface area contributed by atoms with E-state index in [4.69, 9.17) is 9.15 Å². The summed E-state index contributed by atoms with van der Waals surface area (Å²) in [7, 11) is 0. The highest BCUT2D eigenvalue weighted by Gasteiger charge is 2.08. The van der Waals surface area contributed by atoms with Gasteiger partial charge in [-0.25, -0.2) is 0 Å². The number of aryl methyl sites for hydroxylation is 1. The highest BCUT2D eigenvalue weighted by Crippen LogP contribution is 2.29. The Bertz CT molecular complexity index is 547. The lowest BCUT2D eigenvalue weighted by Gasteiger charge is -2.12. The number of anilines is 1. The molecule has 0 fully saturated rings. The van der Waals surface area contributed by atoms with Crippen LogP contribution in [-0.4, -0.2) is 6.61 Å². The summed E-state index contributed by atoms with van der Waals surface area (Å²) in [6, 6.07) is 8.04. The predicted molar refractivity (Wildman–Crippen MR) is 83.8 cm³/mol. The fourth-order valence-corrected chi connectivity index (χ4v) is 2.37. The summed E-state index contributed by atoms with van der Waals surface area (Å²) in [4.78, 5) is 0. The van der Waals surface area contributed by atoms with Gasteiger partial charge in [-0.1, -0.05) is 6.07 Å². The van der Waals surface area contributed by atoms with E-state index in [1.165, 1.54) is 5.56 Å². The van der Waals surface area contributed by atoms with Crippen LogP contribution in [0.4, 0.5) is 5.69 Å². The average molecular weight is 389 g/mol. The van der Waals surface area contributed by atoms with E-state index in [1.807, 2.05) is 32.0 Å². The Labute approximate surface area is 129 Å². The monoisotopic (exact) mass is 387 g/mol. The van der Waals surface area contributed by atoms with Crippen molar-refractivity contribution in [3.63, 3.8) is 0 Å². The van der Waals surface area contributed by atoms with Gasteiger partial charge in [-0.05, 0) is 69.5 Å². The highest BCUT2D eigenvalue weighted by molar-refractivity contribution is 9.13. The van der Waals surface area contributed by atoms with E-state index in [9.17, 15) is 0 Å². The third-order valence-electron chi connectivity index (χ3n) is 2.59. The van der Waals surface area contributed by atoms with Gasteiger partial charge >= 0.3 is 0 Å². The highest BCUT2D eigenvalue weighted by atomic mass is 79.9.